The smallest absolute Gasteiger partial charge is 0.203 e. The summed E-state index contributed by atoms with van der Waals surface area (Å²) in [5.41, 5.74) is 0.906. The molecule has 1 unspecified atom stereocenters. The van der Waals surface area contributed by atoms with Gasteiger partial charge in [-0.05, 0) is 25.5 Å². The van der Waals surface area contributed by atoms with Crippen molar-refractivity contribution in [1.82, 2.24) is 25.4 Å². The summed E-state index contributed by atoms with van der Waals surface area (Å²) in [4.78, 5) is 9.29. The van der Waals surface area contributed by atoms with Gasteiger partial charge in [-0.3, -0.25) is 0 Å². The predicted molar refractivity (Wildman–Crippen MR) is 117 cm³/mol. The molecule has 1 aliphatic heterocycles. The fraction of sp³-hybridized carbons (Fsp3) is 0.571. The molecule has 0 bridgehead atoms. The van der Waals surface area contributed by atoms with Crippen LogP contribution in [0.4, 0.5) is 0 Å². The van der Waals surface area contributed by atoms with Crippen molar-refractivity contribution in [3.8, 4) is 17.2 Å². The zero-order chi connectivity index (χ0) is 22.2. The molecule has 31 heavy (non-hydrogen) atoms. The SMILES string of the molecule is CCNC(=NCc1ccc(OC)c(OC)c1OC)NC1CCc2nc(COC)nn2C1. The molecule has 2 N–H and O–H groups in total. The molecule has 0 fully saturated rings. The molecule has 2 aromatic rings. The lowest BCUT2D eigenvalue weighted by Crippen LogP contribution is -2.47. The number of hydrogen-bond donors (Lipinski definition) is 2. The highest BCUT2D eigenvalue weighted by Gasteiger charge is 2.22. The first-order chi connectivity index (χ1) is 15.1. The number of ether oxygens (including phenoxy) is 4. The van der Waals surface area contributed by atoms with Crippen molar-refractivity contribution in [3.05, 3.63) is 29.3 Å². The molecule has 3 rings (SSSR count). The molecule has 0 radical (unpaired) electrons. The molecule has 10 heteroatoms. The number of guanidine groups is 1. The number of aliphatic imine (C=N–C) groups is 1. The van der Waals surface area contributed by atoms with Crippen LogP contribution in [-0.2, 0) is 30.9 Å². The van der Waals surface area contributed by atoms with Crippen molar-refractivity contribution < 1.29 is 18.9 Å². The molecular formula is C21H32N6O4. The summed E-state index contributed by atoms with van der Waals surface area (Å²) in [6.07, 6.45) is 1.81. The Kier molecular flexibility index (Phi) is 7.94. The zero-order valence-electron chi connectivity index (χ0n) is 18.9. The Morgan fingerprint density at radius 3 is 2.65 bits per heavy atom. The van der Waals surface area contributed by atoms with Crippen molar-refractivity contribution in [2.45, 2.75) is 45.5 Å². The number of aryl methyl sites for hydroxylation is 1. The number of hydrogen-bond acceptors (Lipinski definition) is 7. The molecule has 1 atom stereocenters. The molecule has 1 aliphatic rings. The lowest BCUT2D eigenvalue weighted by Gasteiger charge is -2.25. The van der Waals surface area contributed by atoms with Crippen LogP contribution in [0.15, 0.2) is 17.1 Å². The molecule has 0 aliphatic carbocycles. The fourth-order valence-electron chi connectivity index (χ4n) is 3.63. The van der Waals surface area contributed by atoms with Crippen LogP contribution in [0.5, 0.6) is 17.2 Å². The van der Waals surface area contributed by atoms with Gasteiger partial charge < -0.3 is 29.6 Å². The van der Waals surface area contributed by atoms with E-state index in [4.69, 9.17) is 23.9 Å². The molecule has 0 saturated heterocycles. The third-order valence-corrected chi connectivity index (χ3v) is 5.05. The van der Waals surface area contributed by atoms with Crippen molar-refractivity contribution in [3.63, 3.8) is 0 Å². The lowest BCUT2D eigenvalue weighted by molar-refractivity contribution is 0.177. The summed E-state index contributed by atoms with van der Waals surface area (Å²) in [5.74, 6) is 4.27. The summed E-state index contributed by atoms with van der Waals surface area (Å²) in [6, 6.07) is 4.00. The first-order valence-corrected chi connectivity index (χ1v) is 10.4. The van der Waals surface area contributed by atoms with Gasteiger partial charge in [0.2, 0.25) is 5.75 Å². The Balaban J connectivity index is 1.72. The highest BCUT2D eigenvalue weighted by molar-refractivity contribution is 5.80. The van der Waals surface area contributed by atoms with Gasteiger partial charge in [-0.25, -0.2) is 14.7 Å². The molecule has 1 aromatic heterocycles. The van der Waals surface area contributed by atoms with Gasteiger partial charge in [-0.1, -0.05) is 0 Å². The normalized spacial score (nSPS) is 15.9. The van der Waals surface area contributed by atoms with Gasteiger partial charge in [0.15, 0.2) is 23.3 Å². The van der Waals surface area contributed by atoms with Gasteiger partial charge in [0.1, 0.15) is 12.4 Å². The minimum atomic E-state index is 0.203. The van der Waals surface area contributed by atoms with Crippen LogP contribution in [-0.4, -0.2) is 61.7 Å². The van der Waals surface area contributed by atoms with Crippen LogP contribution in [0, 0.1) is 0 Å². The highest BCUT2D eigenvalue weighted by Crippen LogP contribution is 2.39. The second-order valence-corrected chi connectivity index (χ2v) is 7.13. The number of nitrogens with zero attached hydrogens (tertiary/aromatic N) is 4. The maximum absolute atomic E-state index is 5.57. The van der Waals surface area contributed by atoms with E-state index in [1.54, 1.807) is 28.4 Å². The van der Waals surface area contributed by atoms with Crippen LogP contribution in [0.2, 0.25) is 0 Å². The van der Waals surface area contributed by atoms with Crippen LogP contribution >= 0.6 is 0 Å². The monoisotopic (exact) mass is 432 g/mol. The molecule has 0 saturated carbocycles. The molecule has 0 amide bonds. The molecule has 170 valence electrons. The van der Waals surface area contributed by atoms with Crippen molar-refractivity contribution in [1.29, 1.82) is 0 Å². The van der Waals surface area contributed by atoms with Gasteiger partial charge in [0.05, 0.1) is 34.4 Å². The number of methoxy groups -OCH3 is 4. The van der Waals surface area contributed by atoms with Crippen molar-refractivity contribution in [2.24, 2.45) is 4.99 Å². The van der Waals surface area contributed by atoms with E-state index in [1.165, 1.54) is 0 Å². The number of fused-ring (bicyclic) bond motifs is 1. The minimum absolute atomic E-state index is 0.203. The predicted octanol–water partition coefficient (Wildman–Crippen LogP) is 1.52. The summed E-state index contributed by atoms with van der Waals surface area (Å²) in [5, 5.41) is 11.4. The Morgan fingerprint density at radius 1 is 1.16 bits per heavy atom. The Labute approximate surface area is 183 Å². The van der Waals surface area contributed by atoms with Crippen molar-refractivity contribution in [2.75, 3.05) is 35.0 Å². The number of rotatable bonds is 9. The second kappa shape index (κ2) is 10.9. The molecule has 2 heterocycles. The van der Waals surface area contributed by atoms with E-state index in [0.717, 1.165) is 49.1 Å². The van der Waals surface area contributed by atoms with E-state index in [2.05, 4.69) is 20.7 Å². The Bertz CT molecular complexity index is 898. The van der Waals surface area contributed by atoms with Crippen molar-refractivity contribution >= 4 is 5.96 Å². The Morgan fingerprint density at radius 2 is 1.97 bits per heavy atom. The highest BCUT2D eigenvalue weighted by atomic mass is 16.5. The Hall–Kier alpha value is -3.01. The third kappa shape index (κ3) is 5.38. The average Bonchev–Trinajstić information content (AvgIpc) is 3.18. The number of benzene rings is 1. The van der Waals surface area contributed by atoms with Gasteiger partial charge in [-0.15, -0.1) is 0 Å². The van der Waals surface area contributed by atoms with E-state index in [9.17, 15) is 0 Å². The van der Waals surface area contributed by atoms with Gasteiger partial charge in [-0.2, -0.15) is 5.10 Å². The fourth-order valence-corrected chi connectivity index (χ4v) is 3.63. The first-order valence-electron chi connectivity index (χ1n) is 10.4. The van der Waals surface area contributed by atoms with E-state index in [1.807, 2.05) is 23.7 Å². The van der Waals surface area contributed by atoms with Gasteiger partial charge in [0, 0.05) is 31.7 Å². The second-order valence-electron chi connectivity index (χ2n) is 7.13. The minimum Gasteiger partial charge on any atom is -0.493 e. The molecular weight excluding hydrogens is 400 g/mol. The molecule has 0 spiro atoms. The van der Waals surface area contributed by atoms with Crippen LogP contribution in [0.25, 0.3) is 0 Å². The summed E-state index contributed by atoms with van der Waals surface area (Å²) in [7, 11) is 6.46. The zero-order valence-corrected chi connectivity index (χ0v) is 18.9. The third-order valence-electron chi connectivity index (χ3n) is 5.05. The summed E-state index contributed by atoms with van der Waals surface area (Å²) >= 11 is 0. The van der Waals surface area contributed by atoms with Crippen LogP contribution in [0.3, 0.4) is 0 Å². The average molecular weight is 433 g/mol. The topological polar surface area (TPSA) is 104 Å². The number of aromatic nitrogens is 3. The van der Waals surface area contributed by atoms with Crippen LogP contribution < -0.4 is 24.8 Å². The molecule has 10 nitrogen and oxygen atoms in total. The summed E-state index contributed by atoms with van der Waals surface area (Å²) < 4.78 is 23.5. The molecule has 1 aromatic carbocycles. The van der Waals surface area contributed by atoms with E-state index < -0.39 is 0 Å². The quantitative estimate of drug-likeness (QED) is 0.454. The number of nitrogens with one attached hydrogen (secondary N) is 2. The maximum atomic E-state index is 5.57. The van der Waals surface area contributed by atoms with Gasteiger partial charge >= 0.3 is 0 Å². The summed E-state index contributed by atoms with van der Waals surface area (Å²) in [6.45, 7) is 4.39. The largest absolute Gasteiger partial charge is 0.493 e. The first kappa shape index (κ1) is 22.7. The van der Waals surface area contributed by atoms with E-state index >= 15 is 0 Å². The van der Waals surface area contributed by atoms with Gasteiger partial charge in [0.25, 0.3) is 0 Å². The maximum Gasteiger partial charge on any atom is 0.203 e. The van der Waals surface area contributed by atoms with E-state index in [-0.39, 0.29) is 6.04 Å². The lowest BCUT2D eigenvalue weighted by atomic mass is 10.1. The van der Waals surface area contributed by atoms with Crippen LogP contribution in [0.1, 0.15) is 30.6 Å². The standard InChI is InChI=1S/C21H32N6O4/c1-6-22-21(23-11-14-7-9-16(29-3)20(31-5)19(14)30-4)24-15-8-10-18-25-17(13-28-2)26-27(18)12-15/h7,9,15H,6,8,10-13H2,1-5H3,(H2,22,23,24). The van der Waals surface area contributed by atoms with E-state index in [0.29, 0.717) is 30.4 Å².